The average molecular weight is 475 g/mol. The second kappa shape index (κ2) is 10.1. The zero-order valence-corrected chi connectivity index (χ0v) is 18.7. The van der Waals surface area contributed by atoms with Crippen LogP contribution >= 0.6 is 11.6 Å². The summed E-state index contributed by atoms with van der Waals surface area (Å²) in [5, 5.41) is 9.32. The van der Waals surface area contributed by atoms with E-state index in [0.29, 0.717) is 17.1 Å². The summed E-state index contributed by atoms with van der Waals surface area (Å²) in [6.45, 7) is 2.30. The minimum Gasteiger partial charge on any atom is -0.495 e. The maximum Gasteiger partial charge on any atom is 0.343 e. The fourth-order valence-corrected chi connectivity index (χ4v) is 3.31. The van der Waals surface area contributed by atoms with E-state index in [9.17, 15) is 18.8 Å². The molecule has 172 valence electrons. The standard InChI is InChI=1S/C22H20ClFN4O5/c1-12-20(21(23)28(27-12)16-7-4-14(24)5-8-16)22(31)33-11-19(30)26-17-10-15(25-13(2)29)6-9-18(17)32-3/h4-10H,11H2,1-3H3,(H,25,29)(H,26,30). The highest BCUT2D eigenvalue weighted by Gasteiger charge is 2.23. The molecule has 2 aromatic carbocycles. The number of carbonyl (C=O) groups excluding carboxylic acids is 3. The van der Waals surface area contributed by atoms with Crippen LogP contribution in [-0.4, -0.2) is 41.3 Å². The molecule has 3 aromatic rings. The second-order valence-corrected chi connectivity index (χ2v) is 7.22. The second-order valence-electron chi connectivity index (χ2n) is 6.86. The molecule has 0 bridgehead atoms. The van der Waals surface area contributed by atoms with Crippen LogP contribution < -0.4 is 15.4 Å². The summed E-state index contributed by atoms with van der Waals surface area (Å²) in [5.41, 5.74) is 1.44. The number of rotatable bonds is 7. The van der Waals surface area contributed by atoms with E-state index >= 15 is 0 Å². The van der Waals surface area contributed by atoms with Crippen molar-refractivity contribution >= 4 is 40.8 Å². The number of amides is 2. The van der Waals surface area contributed by atoms with Crippen LogP contribution in [0.2, 0.25) is 5.15 Å². The monoisotopic (exact) mass is 474 g/mol. The van der Waals surface area contributed by atoms with Gasteiger partial charge < -0.3 is 20.1 Å². The number of halogens is 2. The summed E-state index contributed by atoms with van der Waals surface area (Å²) >= 11 is 6.30. The zero-order valence-electron chi connectivity index (χ0n) is 17.9. The average Bonchev–Trinajstić information content (AvgIpc) is 3.06. The van der Waals surface area contributed by atoms with Gasteiger partial charge in [-0.1, -0.05) is 11.6 Å². The van der Waals surface area contributed by atoms with E-state index in [1.54, 1.807) is 19.1 Å². The molecule has 2 amide bonds. The Morgan fingerprint density at radius 3 is 2.45 bits per heavy atom. The van der Waals surface area contributed by atoms with Crippen LogP contribution in [0.25, 0.3) is 5.69 Å². The van der Waals surface area contributed by atoms with Crippen molar-refractivity contribution in [1.29, 1.82) is 0 Å². The van der Waals surface area contributed by atoms with E-state index in [-0.39, 0.29) is 28.0 Å². The molecule has 0 aliphatic carbocycles. The number of anilines is 2. The Bertz CT molecular complexity index is 1210. The number of hydrogen-bond donors (Lipinski definition) is 2. The van der Waals surface area contributed by atoms with Crippen molar-refractivity contribution in [2.45, 2.75) is 13.8 Å². The van der Waals surface area contributed by atoms with Crippen molar-refractivity contribution in [3.63, 3.8) is 0 Å². The van der Waals surface area contributed by atoms with Gasteiger partial charge in [0.25, 0.3) is 5.91 Å². The highest BCUT2D eigenvalue weighted by Crippen LogP contribution is 2.28. The Morgan fingerprint density at radius 2 is 1.82 bits per heavy atom. The topological polar surface area (TPSA) is 112 Å². The predicted molar refractivity (Wildman–Crippen MR) is 119 cm³/mol. The smallest absolute Gasteiger partial charge is 0.343 e. The third-order valence-corrected chi connectivity index (χ3v) is 4.76. The van der Waals surface area contributed by atoms with Gasteiger partial charge in [-0.2, -0.15) is 5.10 Å². The van der Waals surface area contributed by atoms with Gasteiger partial charge in [-0.15, -0.1) is 0 Å². The highest BCUT2D eigenvalue weighted by atomic mass is 35.5. The summed E-state index contributed by atoms with van der Waals surface area (Å²) in [4.78, 5) is 36.2. The van der Waals surface area contributed by atoms with E-state index < -0.39 is 24.3 Å². The maximum atomic E-state index is 13.2. The molecule has 2 N–H and O–H groups in total. The Kier molecular flexibility index (Phi) is 7.29. The molecular formula is C22H20ClFN4O5. The number of ether oxygens (including phenoxy) is 2. The van der Waals surface area contributed by atoms with Crippen molar-refractivity contribution < 1.29 is 28.2 Å². The number of aryl methyl sites for hydroxylation is 1. The molecule has 0 fully saturated rings. The first-order chi connectivity index (χ1) is 15.7. The molecule has 0 spiro atoms. The quantitative estimate of drug-likeness (QED) is 0.505. The van der Waals surface area contributed by atoms with Gasteiger partial charge in [-0.05, 0) is 49.4 Å². The van der Waals surface area contributed by atoms with Gasteiger partial charge in [0.1, 0.15) is 22.3 Å². The van der Waals surface area contributed by atoms with Crippen molar-refractivity contribution in [3.05, 3.63) is 64.7 Å². The molecule has 0 saturated carbocycles. The van der Waals surface area contributed by atoms with E-state index in [0.717, 1.165) is 0 Å². The van der Waals surface area contributed by atoms with Crippen LogP contribution in [-0.2, 0) is 14.3 Å². The Hall–Kier alpha value is -3.92. The summed E-state index contributed by atoms with van der Waals surface area (Å²) in [7, 11) is 1.42. The van der Waals surface area contributed by atoms with E-state index in [1.165, 1.54) is 49.0 Å². The van der Waals surface area contributed by atoms with Crippen molar-refractivity contribution in [1.82, 2.24) is 9.78 Å². The molecule has 0 unspecified atom stereocenters. The summed E-state index contributed by atoms with van der Waals surface area (Å²) in [6.07, 6.45) is 0. The minimum atomic E-state index is -0.847. The summed E-state index contributed by atoms with van der Waals surface area (Å²) in [5.74, 6) is -1.84. The molecule has 0 saturated heterocycles. The third kappa shape index (κ3) is 5.66. The lowest BCUT2D eigenvalue weighted by molar-refractivity contribution is -0.119. The van der Waals surface area contributed by atoms with Crippen LogP contribution in [0.3, 0.4) is 0 Å². The Morgan fingerprint density at radius 1 is 1.12 bits per heavy atom. The van der Waals surface area contributed by atoms with Gasteiger partial charge in [0.2, 0.25) is 5.91 Å². The normalized spacial score (nSPS) is 10.5. The first-order valence-electron chi connectivity index (χ1n) is 9.63. The van der Waals surface area contributed by atoms with E-state index in [1.807, 2.05) is 0 Å². The number of nitrogens with one attached hydrogen (secondary N) is 2. The summed E-state index contributed by atoms with van der Waals surface area (Å²) in [6, 6.07) is 10.1. The maximum absolute atomic E-state index is 13.2. The molecule has 1 aromatic heterocycles. The molecule has 9 nitrogen and oxygen atoms in total. The number of carbonyl (C=O) groups is 3. The molecule has 33 heavy (non-hydrogen) atoms. The van der Waals surface area contributed by atoms with Crippen LogP contribution in [0.1, 0.15) is 23.0 Å². The number of hydrogen-bond acceptors (Lipinski definition) is 6. The van der Waals surface area contributed by atoms with Crippen molar-refractivity contribution in [2.24, 2.45) is 0 Å². The predicted octanol–water partition coefficient (Wildman–Crippen LogP) is 3.74. The lowest BCUT2D eigenvalue weighted by atomic mass is 10.2. The molecule has 1 heterocycles. The number of methoxy groups -OCH3 is 1. The highest BCUT2D eigenvalue weighted by molar-refractivity contribution is 6.33. The third-order valence-electron chi connectivity index (χ3n) is 4.41. The Labute approximate surface area is 193 Å². The molecule has 0 aliphatic heterocycles. The molecular weight excluding hydrogens is 455 g/mol. The minimum absolute atomic E-state index is 0.0148. The number of benzene rings is 2. The summed E-state index contributed by atoms with van der Waals surface area (Å²) < 4.78 is 24.7. The van der Waals surface area contributed by atoms with Crippen molar-refractivity contribution in [3.8, 4) is 11.4 Å². The molecule has 0 aliphatic rings. The SMILES string of the molecule is COc1ccc(NC(C)=O)cc1NC(=O)COC(=O)c1c(C)nn(-c2ccc(F)cc2)c1Cl. The van der Waals surface area contributed by atoms with Gasteiger partial charge in [-0.3, -0.25) is 9.59 Å². The van der Waals surface area contributed by atoms with Gasteiger partial charge in [0.05, 0.1) is 24.2 Å². The largest absolute Gasteiger partial charge is 0.495 e. The van der Waals surface area contributed by atoms with Crippen LogP contribution in [0.5, 0.6) is 5.75 Å². The number of aromatic nitrogens is 2. The van der Waals surface area contributed by atoms with Crippen LogP contribution in [0, 0.1) is 12.7 Å². The number of nitrogens with zero attached hydrogens (tertiary/aromatic N) is 2. The van der Waals surface area contributed by atoms with Gasteiger partial charge in [-0.25, -0.2) is 13.9 Å². The molecule has 3 rings (SSSR count). The van der Waals surface area contributed by atoms with Gasteiger partial charge >= 0.3 is 5.97 Å². The number of esters is 1. The molecule has 0 atom stereocenters. The first-order valence-corrected chi connectivity index (χ1v) is 10.0. The zero-order chi connectivity index (χ0) is 24.1. The fraction of sp³-hybridized carbons (Fsp3) is 0.182. The first kappa shape index (κ1) is 23.7. The van der Waals surface area contributed by atoms with Crippen LogP contribution in [0.4, 0.5) is 15.8 Å². The van der Waals surface area contributed by atoms with Crippen LogP contribution in [0.15, 0.2) is 42.5 Å². The molecule has 11 heteroatoms. The lowest BCUT2D eigenvalue weighted by Crippen LogP contribution is -2.21. The fourth-order valence-electron chi connectivity index (χ4n) is 2.96. The van der Waals surface area contributed by atoms with Crippen molar-refractivity contribution in [2.75, 3.05) is 24.4 Å². The molecule has 0 radical (unpaired) electrons. The Balaban J connectivity index is 1.70. The van der Waals surface area contributed by atoms with E-state index in [4.69, 9.17) is 21.1 Å². The van der Waals surface area contributed by atoms with Gasteiger partial charge in [0, 0.05) is 12.6 Å². The lowest BCUT2D eigenvalue weighted by Gasteiger charge is -2.12. The van der Waals surface area contributed by atoms with E-state index in [2.05, 4.69) is 15.7 Å². The van der Waals surface area contributed by atoms with Gasteiger partial charge in [0.15, 0.2) is 6.61 Å².